The van der Waals surface area contributed by atoms with Crippen LogP contribution in [0.4, 0.5) is 11.4 Å². The van der Waals surface area contributed by atoms with Crippen molar-refractivity contribution in [3.8, 4) is 11.5 Å². The molecule has 0 aliphatic heterocycles. The van der Waals surface area contributed by atoms with Crippen molar-refractivity contribution >= 4 is 24.1 Å². The number of ether oxygens (including phenoxy) is 2. The SMILES string of the molecule is COc1ccc(C)cc1.Cc1ccc(N=Nc2ccc(C=O)cc2)cc1.Cc1ccc(OC=O)cc1. The van der Waals surface area contributed by atoms with E-state index in [4.69, 9.17) is 4.74 Å². The first-order valence-corrected chi connectivity index (χ1v) is 11.2. The first-order valence-electron chi connectivity index (χ1n) is 11.2. The summed E-state index contributed by atoms with van der Waals surface area (Å²) in [6.07, 6.45) is 0.806. The second kappa shape index (κ2) is 15.3. The van der Waals surface area contributed by atoms with E-state index < -0.39 is 0 Å². The fraction of sp³-hybridized carbons (Fsp3) is 0.133. The number of nitrogens with zero attached hydrogens (tertiary/aromatic N) is 2. The van der Waals surface area contributed by atoms with Crippen molar-refractivity contribution in [2.24, 2.45) is 10.2 Å². The van der Waals surface area contributed by atoms with Crippen LogP contribution in [0.2, 0.25) is 0 Å². The lowest BCUT2D eigenvalue weighted by Crippen LogP contribution is -1.87. The van der Waals surface area contributed by atoms with E-state index in [0.29, 0.717) is 17.8 Å². The molecule has 6 nitrogen and oxygen atoms in total. The third-order valence-corrected chi connectivity index (χ3v) is 4.81. The Bertz CT molecular complexity index is 1220. The molecule has 0 bridgehead atoms. The second-order valence-corrected chi connectivity index (χ2v) is 7.79. The molecule has 184 valence electrons. The molecule has 0 saturated carbocycles. The number of benzene rings is 4. The third kappa shape index (κ3) is 10.6. The minimum absolute atomic E-state index is 0.421. The summed E-state index contributed by atoms with van der Waals surface area (Å²) in [5.41, 5.74) is 5.79. The first-order chi connectivity index (χ1) is 17.4. The zero-order valence-electron chi connectivity index (χ0n) is 20.9. The van der Waals surface area contributed by atoms with Gasteiger partial charge in [-0.15, -0.1) is 0 Å². The standard InChI is InChI=1S/C14H12N2O.C8H8O2.C8H10O/c1-11-2-6-13(7-3-11)15-16-14-8-4-12(10-17)5-9-14;1-7-2-4-8(5-3-7)10-6-9;1-7-3-5-8(9-2)6-4-7/h2-10H,1H3;2-6H,1H3;3-6H,1-2H3. The van der Waals surface area contributed by atoms with E-state index in [1.807, 2.05) is 74.5 Å². The Labute approximate surface area is 212 Å². The van der Waals surface area contributed by atoms with Gasteiger partial charge in [0, 0.05) is 5.56 Å². The van der Waals surface area contributed by atoms with Crippen molar-refractivity contribution in [2.45, 2.75) is 20.8 Å². The molecule has 0 amide bonds. The van der Waals surface area contributed by atoms with Gasteiger partial charge in [0.1, 0.15) is 17.8 Å². The minimum Gasteiger partial charge on any atom is -0.497 e. The molecule has 0 saturated heterocycles. The van der Waals surface area contributed by atoms with Crippen molar-refractivity contribution in [1.29, 1.82) is 0 Å². The van der Waals surface area contributed by atoms with Gasteiger partial charge in [0.2, 0.25) is 0 Å². The molecular formula is C30H30N2O4. The van der Waals surface area contributed by atoms with Crippen LogP contribution >= 0.6 is 0 Å². The number of carbonyl (C=O) groups excluding carboxylic acids is 2. The number of azo groups is 1. The molecule has 0 aliphatic carbocycles. The van der Waals surface area contributed by atoms with E-state index in [9.17, 15) is 9.59 Å². The lowest BCUT2D eigenvalue weighted by Gasteiger charge is -1.97. The number of hydrogen-bond donors (Lipinski definition) is 0. The van der Waals surface area contributed by atoms with Crippen LogP contribution in [0, 0.1) is 20.8 Å². The van der Waals surface area contributed by atoms with Crippen LogP contribution in [-0.4, -0.2) is 19.9 Å². The summed E-state index contributed by atoms with van der Waals surface area (Å²) in [6, 6.07) is 30.0. The summed E-state index contributed by atoms with van der Waals surface area (Å²) in [5, 5.41) is 8.20. The molecule has 0 fully saturated rings. The Kier molecular flexibility index (Phi) is 11.8. The van der Waals surface area contributed by atoms with Crippen LogP contribution in [0.3, 0.4) is 0 Å². The summed E-state index contributed by atoms with van der Waals surface area (Å²) in [7, 11) is 1.67. The Morgan fingerprint density at radius 3 is 1.33 bits per heavy atom. The number of methoxy groups -OCH3 is 1. The topological polar surface area (TPSA) is 77.3 Å². The number of hydrogen-bond acceptors (Lipinski definition) is 6. The predicted molar refractivity (Wildman–Crippen MR) is 143 cm³/mol. The van der Waals surface area contributed by atoms with Crippen LogP contribution in [0.15, 0.2) is 107 Å². The van der Waals surface area contributed by atoms with Crippen molar-refractivity contribution in [3.63, 3.8) is 0 Å². The predicted octanol–water partition coefficient (Wildman–Crippen LogP) is 7.76. The molecule has 0 N–H and O–H groups in total. The maximum atomic E-state index is 10.5. The van der Waals surface area contributed by atoms with Gasteiger partial charge in [-0.3, -0.25) is 9.59 Å². The van der Waals surface area contributed by atoms with Gasteiger partial charge in [0.15, 0.2) is 0 Å². The zero-order valence-corrected chi connectivity index (χ0v) is 20.9. The fourth-order valence-electron chi connectivity index (χ4n) is 2.69. The largest absolute Gasteiger partial charge is 0.497 e. The average molecular weight is 483 g/mol. The van der Waals surface area contributed by atoms with Gasteiger partial charge in [-0.25, -0.2) is 0 Å². The molecule has 36 heavy (non-hydrogen) atoms. The number of aldehydes is 1. The molecule has 0 unspecified atom stereocenters. The van der Waals surface area contributed by atoms with E-state index in [1.54, 1.807) is 43.5 Å². The van der Waals surface area contributed by atoms with Crippen molar-refractivity contribution in [2.75, 3.05) is 7.11 Å². The molecule has 0 radical (unpaired) electrons. The Morgan fingerprint density at radius 1 is 0.556 bits per heavy atom. The van der Waals surface area contributed by atoms with Crippen LogP contribution in [0.5, 0.6) is 11.5 Å². The van der Waals surface area contributed by atoms with Crippen LogP contribution in [0.1, 0.15) is 27.0 Å². The highest BCUT2D eigenvalue weighted by atomic mass is 16.5. The van der Waals surface area contributed by atoms with Gasteiger partial charge in [0.25, 0.3) is 6.47 Å². The average Bonchev–Trinajstić information content (AvgIpc) is 2.91. The molecule has 4 rings (SSSR count). The molecule has 0 aliphatic rings. The van der Waals surface area contributed by atoms with Crippen LogP contribution in [0.25, 0.3) is 0 Å². The molecule has 0 atom stereocenters. The minimum atomic E-state index is 0.421. The summed E-state index contributed by atoms with van der Waals surface area (Å²) in [4.78, 5) is 20.3. The molecular weight excluding hydrogens is 452 g/mol. The smallest absolute Gasteiger partial charge is 0.298 e. The second-order valence-electron chi connectivity index (χ2n) is 7.79. The van der Waals surface area contributed by atoms with E-state index in [2.05, 4.69) is 21.9 Å². The van der Waals surface area contributed by atoms with Gasteiger partial charge >= 0.3 is 0 Å². The molecule has 0 heterocycles. The van der Waals surface area contributed by atoms with Crippen molar-refractivity contribution < 1.29 is 19.1 Å². The van der Waals surface area contributed by atoms with E-state index in [1.165, 1.54) is 11.1 Å². The Hall–Kier alpha value is -4.58. The van der Waals surface area contributed by atoms with Gasteiger partial charge < -0.3 is 9.47 Å². The van der Waals surface area contributed by atoms with Gasteiger partial charge in [-0.05, 0) is 81.4 Å². The fourth-order valence-corrected chi connectivity index (χ4v) is 2.69. The maximum absolute atomic E-state index is 10.5. The molecule has 0 aromatic heterocycles. The molecule has 6 heteroatoms. The normalized spacial score (nSPS) is 9.78. The van der Waals surface area contributed by atoms with Gasteiger partial charge in [-0.2, -0.15) is 10.2 Å². The summed E-state index contributed by atoms with van der Waals surface area (Å²) >= 11 is 0. The monoisotopic (exact) mass is 482 g/mol. The zero-order chi connectivity index (χ0) is 26.2. The third-order valence-electron chi connectivity index (χ3n) is 4.81. The first kappa shape index (κ1) is 27.7. The van der Waals surface area contributed by atoms with Crippen molar-refractivity contribution in [3.05, 3.63) is 119 Å². The van der Waals surface area contributed by atoms with Crippen LogP contribution < -0.4 is 9.47 Å². The highest BCUT2D eigenvalue weighted by Gasteiger charge is 1.92. The highest BCUT2D eigenvalue weighted by Crippen LogP contribution is 2.18. The Balaban J connectivity index is 0.000000205. The Morgan fingerprint density at radius 2 is 0.944 bits per heavy atom. The quantitative estimate of drug-likeness (QED) is 0.208. The number of aryl methyl sites for hydroxylation is 3. The summed E-state index contributed by atoms with van der Waals surface area (Å²) in [6.45, 7) is 6.48. The van der Waals surface area contributed by atoms with E-state index in [-0.39, 0.29) is 0 Å². The highest BCUT2D eigenvalue weighted by molar-refractivity contribution is 5.75. The van der Waals surface area contributed by atoms with Crippen molar-refractivity contribution in [1.82, 2.24) is 0 Å². The lowest BCUT2D eigenvalue weighted by atomic mass is 10.2. The van der Waals surface area contributed by atoms with Gasteiger partial charge in [-0.1, -0.05) is 53.1 Å². The number of carbonyl (C=O) groups is 2. The number of rotatable bonds is 6. The van der Waals surface area contributed by atoms with E-state index in [0.717, 1.165) is 29.0 Å². The molecule has 4 aromatic carbocycles. The van der Waals surface area contributed by atoms with E-state index >= 15 is 0 Å². The lowest BCUT2D eigenvalue weighted by molar-refractivity contribution is -0.120. The maximum Gasteiger partial charge on any atom is 0.298 e. The van der Waals surface area contributed by atoms with Crippen LogP contribution in [-0.2, 0) is 4.79 Å². The summed E-state index contributed by atoms with van der Waals surface area (Å²) in [5.74, 6) is 1.50. The summed E-state index contributed by atoms with van der Waals surface area (Å²) < 4.78 is 9.55. The molecule has 4 aromatic rings. The molecule has 0 spiro atoms. The van der Waals surface area contributed by atoms with Gasteiger partial charge in [0.05, 0.1) is 18.5 Å².